The lowest BCUT2D eigenvalue weighted by molar-refractivity contribution is 0.0768. The molecule has 0 atom stereocenters. The fraction of sp³-hybridized carbons (Fsp3) is 0.154. The molecule has 0 fully saturated rings. The van der Waals surface area contributed by atoms with Crippen molar-refractivity contribution in [1.82, 2.24) is 4.90 Å². The highest BCUT2D eigenvalue weighted by Gasteiger charge is 2.19. The minimum absolute atomic E-state index is 0.00583. The zero-order valence-electron chi connectivity index (χ0n) is 9.94. The molecule has 0 aliphatic heterocycles. The molecule has 100 valence electrons. The highest BCUT2D eigenvalue weighted by Crippen LogP contribution is 2.27. The second-order valence-electron chi connectivity index (χ2n) is 3.78. The molecule has 0 saturated carbocycles. The minimum Gasteiger partial charge on any atom is -0.329 e. The van der Waals surface area contributed by atoms with E-state index in [0.29, 0.717) is 18.0 Å². The first kappa shape index (κ1) is 14.8. The van der Waals surface area contributed by atoms with Gasteiger partial charge in [0, 0.05) is 15.9 Å². The molecule has 0 aliphatic rings. The molecule has 2 nitrogen and oxygen atoms in total. The molecule has 2 aromatic heterocycles. The first-order valence-electron chi connectivity index (χ1n) is 5.49. The lowest BCUT2D eigenvalue weighted by Crippen LogP contribution is -2.30. The van der Waals surface area contributed by atoms with Crippen molar-refractivity contribution in [2.24, 2.45) is 0 Å². The van der Waals surface area contributed by atoms with Gasteiger partial charge in [-0.15, -0.1) is 29.3 Å². The lowest BCUT2D eigenvalue weighted by atomic mass is 10.3. The molecule has 0 aliphatic carbocycles. The van der Waals surface area contributed by atoms with Crippen LogP contribution in [0, 0.1) is 0 Å². The fourth-order valence-corrected chi connectivity index (χ4v) is 4.20. The summed E-state index contributed by atoms with van der Waals surface area (Å²) in [6.45, 7) is 4.77. The Hall–Kier alpha value is -0.620. The quantitative estimate of drug-likeness (QED) is 0.668. The van der Waals surface area contributed by atoms with Crippen molar-refractivity contribution in [1.29, 1.82) is 0 Å². The van der Waals surface area contributed by atoms with Crippen LogP contribution in [-0.2, 0) is 6.54 Å². The van der Waals surface area contributed by atoms with Gasteiger partial charge >= 0.3 is 0 Å². The van der Waals surface area contributed by atoms with Crippen LogP contribution < -0.4 is 0 Å². The summed E-state index contributed by atoms with van der Waals surface area (Å²) in [5.74, 6) is 0.00583. The van der Waals surface area contributed by atoms with E-state index in [1.165, 1.54) is 22.7 Å². The van der Waals surface area contributed by atoms with Gasteiger partial charge < -0.3 is 4.90 Å². The molecule has 0 bridgehead atoms. The zero-order chi connectivity index (χ0) is 13.8. The molecule has 2 aromatic rings. The molecule has 2 heterocycles. The highest BCUT2D eigenvalue weighted by molar-refractivity contribution is 9.10. The number of amides is 1. The second kappa shape index (κ2) is 6.70. The van der Waals surface area contributed by atoms with Crippen LogP contribution in [0.4, 0.5) is 0 Å². The van der Waals surface area contributed by atoms with Gasteiger partial charge in [0.15, 0.2) is 0 Å². The van der Waals surface area contributed by atoms with E-state index in [0.717, 1.165) is 13.7 Å². The van der Waals surface area contributed by atoms with Crippen molar-refractivity contribution in [3.05, 3.63) is 54.8 Å². The van der Waals surface area contributed by atoms with Crippen LogP contribution in [0.15, 0.2) is 40.7 Å². The van der Waals surface area contributed by atoms with Gasteiger partial charge in [-0.3, -0.25) is 4.79 Å². The Kier molecular flexibility index (Phi) is 5.21. The van der Waals surface area contributed by atoms with Crippen LogP contribution in [0.1, 0.15) is 14.5 Å². The largest absolute Gasteiger partial charge is 0.329 e. The van der Waals surface area contributed by atoms with Gasteiger partial charge in [-0.25, -0.2) is 0 Å². The van der Waals surface area contributed by atoms with Crippen molar-refractivity contribution >= 4 is 56.1 Å². The fourth-order valence-electron chi connectivity index (χ4n) is 1.59. The molecule has 2 rings (SSSR count). The summed E-state index contributed by atoms with van der Waals surface area (Å²) in [7, 11) is 0. The van der Waals surface area contributed by atoms with Gasteiger partial charge in [0.1, 0.15) is 4.88 Å². The molecule has 0 radical (unpaired) electrons. The summed E-state index contributed by atoms with van der Waals surface area (Å²) in [6, 6.07) is 5.67. The SMILES string of the molecule is C=CCN(Cc1ccc(Cl)s1)C(=O)c1sccc1Br. The smallest absolute Gasteiger partial charge is 0.265 e. The molecule has 0 N–H and O–H groups in total. The van der Waals surface area contributed by atoms with E-state index in [2.05, 4.69) is 22.5 Å². The number of halogens is 2. The van der Waals surface area contributed by atoms with Crippen molar-refractivity contribution in [3.63, 3.8) is 0 Å². The molecular formula is C13H11BrClNOS2. The average Bonchev–Trinajstić information content (AvgIpc) is 2.97. The third-order valence-corrected chi connectivity index (χ3v) is 5.47. The Morgan fingerprint density at radius 2 is 2.26 bits per heavy atom. The topological polar surface area (TPSA) is 20.3 Å². The Labute approximate surface area is 133 Å². The third kappa shape index (κ3) is 3.69. The molecule has 0 spiro atoms. The normalized spacial score (nSPS) is 10.4. The van der Waals surface area contributed by atoms with Gasteiger partial charge in [0.2, 0.25) is 0 Å². The maximum absolute atomic E-state index is 12.5. The second-order valence-corrected chi connectivity index (χ2v) is 7.35. The van der Waals surface area contributed by atoms with Crippen LogP contribution in [0.2, 0.25) is 4.34 Å². The van der Waals surface area contributed by atoms with Crippen molar-refractivity contribution < 1.29 is 4.79 Å². The van der Waals surface area contributed by atoms with Gasteiger partial charge in [-0.2, -0.15) is 0 Å². The summed E-state index contributed by atoms with van der Waals surface area (Å²) in [5, 5.41) is 1.89. The van der Waals surface area contributed by atoms with Crippen molar-refractivity contribution in [2.75, 3.05) is 6.54 Å². The van der Waals surface area contributed by atoms with E-state index in [1.807, 2.05) is 23.6 Å². The molecule has 19 heavy (non-hydrogen) atoms. The van der Waals surface area contributed by atoms with Crippen LogP contribution in [-0.4, -0.2) is 17.4 Å². The van der Waals surface area contributed by atoms with Crippen LogP contribution >= 0.6 is 50.2 Å². The van der Waals surface area contributed by atoms with Gasteiger partial charge in [0.25, 0.3) is 5.91 Å². The summed E-state index contributed by atoms with van der Waals surface area (Å²) in [4.78, 5) is 16.0. The van der Waals surface area contributed by atoms with Crippen LogP contribution in [0.3, 0.4) is 0 Å². The van der Waals surface area contributed by atoms with Crippen molar-refractivity contribution in [3.8, 4) is 0 Å². The summed E-state index contributed by atoms with van der Waals surface area (Å²) in [6.07, 6.45) is 1.73. The standard InChI is InChI=1S/C13H11BrClNOS2/c1-2-6-16(8-9-3-4-11(15)19-9)13(17)12-10(14)5-7-18-12/h2-5,7H,1,6,8H2. The maximum Gasteiger partial charge on any atom is 0.265 e. The number of rotatable bonds is 5. The van der Waals surface area contributed by atoms with Gasteiger partial charge in [-0.05, 0) is 39.5 Å². The van der Waals surface area contributed by atoms with E-state index in [4.69, 9.17) is 11.6 Å². The number of hydrogen-bond acceptors (Lipinski definition) is 3. The maximum atomic E-state index is 12.5. The number of nitrogens with zero attached hydrogens (tertiary/aromatic N) is 1. The molecule has 0 unspecified atom stereocenters. The first-order chi connectivity index (χ1) is 9.11. The molecular weight excluding hydrogens is 366 g/mol. The van der Waals surface area contributed by atoms with Crippen LogP contribution in [0.25, 0.3) is 0 Å². The van der Waals surface area contributed by atoms with E-state index in [9.17, 15) is 4.79 Å². The third-order valence-electron chi connectivity index (χ3n) is 2.42. The molecule has 6 heteroatoms. The summed E-state index contributed by atoms with van der Waals surface area (Å²) >= 11 is 12.2. The van der Waals surface area contributed by atoms with E-state index in [-0.39, 0.29) is 5.91 Å². The lowest BCUT2D eigenvalue weighted by Gasteiger charge is -2.19. The average molecular weight is 377 g/mol. The van der Waals surface area contributed by atoms with Crippen LogP contribution in [0.5, 0.6) is 0 Å². The Morgan fingerprint density at radius 3 is 2.79 bits per heavy atom. The highest BCUT2D eigenvalue weighted by atomic mass is 79.9. The van der Waals surface area contributed by atoms with E-state index >= 15 is 0 Å². The predicted octanol–water partition coefficient (Wildman–Crippen LogP) is 5.05. The van der Waals surface area contributed by atoms with E-state index in [1.54, 1.807) is 11.0 Å². The number of thiophene rings is 2. The predicted molar refractivity (Wildman–Crippen MR) is 86.3 cm³/mol. The van der Waals surface area contributed by atoms with Gasteiger partial charge in [-0.1, -0.05) is 17.7 Å². The molecule has 0 saturated heterocycles. The Balaban J connectivity index is 2.18. The summed E-state index contributed by atoms with van der Waals surface area (Å²) < 4.78 is 1.57. The van der Waals surface area contributed by atoms with Gasteiger partial charge in [0.05, 0.1) is 10.9 Å². The number of hydrogen-bond donors (Lipinski definition) is 0. The summed E-state index contributed by atoms with van der Waals surface area (Å²) in [5.41, 5.74) is 0. The zero-order valence-corrected chi connectivity index (χ0v) is 13.9. The minimum atomic E-state index is 0.00583. The monoisotopic (exact) mass is 375 g/mol. The number of carbonyl (C=O) groups is 1. The first-order valence-corrected chi connectivity index (χ1v) is 8.36. The van der Waals surface area contributed by atoms with E-state index < -0.39 is 0 Å². The molecule has 1 amide bonds. The Bertz CT molecular complexity index is 593. The molecule has 0 aromatic carbocycles. The Morgan fingerprint density at radius 1 is 1.47 bits per heavy atom. The number of carbonyl (C=O) groups excluding carboxylic acids is 1. The van der Waals surface area contributed by atoms with Crippen molar-refractivity contribution in [2.45, 2.75) is 6.54 Å².